The molecule has 8 heteroatoms. The minimum Gasteiger partial charge on any atom is -0.433 e. The molecule has 0 N–H and O–H groups in total. The Bertz CT molecular complexity index is 839. The molecule has 3 rings (SSSR count). The predicted octanol–water partition coefficient (Wildman–Crippen LogP) is 4.33. The number of aromatic nitrogens is 4. The highest BCUT2D eigenvalue weighted by molar-refractivity contribution is 6.36. The van der Waals surface area contributed by atoms with E-state index in [9.17, 15) is 8.78 Å². The van der Waals surface area contributed by atoms with Gasteiger partial charge in [-0.1, -0.05) is 30.7 Å². The zero-order chi connectivity index (χ0) is 17.3. The monoisotopic (exact) mass is 352 g/mol. The van der Waals surface area contributed by atoms with Crippen LogP contribution in [0.25, 0.3) is 10.9 Å². The third-order valence-electron chi connectivity index (χ3n) is 3.67. The van der Waals surface area contributed by atoms with Gasteiger partial charge in [0.25, 0.3) is 0 Å². The fraction of sp³-hybridized carbons (Fsp3) is 0.312. The zero-order valence-electron chi connectivity index (χ0n) is 13.0. The van der Waals surface area contributed by atoms with E-state index in [1.165, 1.54) is 6.07 Å². The SMILES string of the molecule is CC(C)C(c1ccc2c(Cl)c(OC(F)F)ccc2n1)n1ccnn1. The standard InChI is InChI=1S/C16H15ClF2N4O/c1-9(2)15(23-8-7-20-22-23)12-4-3-10-11(21-12)5-6-13(14(10)17)24-16(18)19/h3-9,15-16H,1-2H3. The van der Waals surface area contributed by atoms with Crippen molar-refractivity contribution < 1.29 is 13.5 Å². The first-order valence-electron chi connectivity index (χ1n) is 7.37. The van der Waals surface area contributed by atoms with E-state index in [-0.39, 0.29) is 22.7 Å². The summed E-state index contributed by atoms with van der Waals surface area (Å²) in [6.45, 7) is 1.19. The number of alkyl halides is 2. The third-order valence-corrected chi connectivity index (χ3v) is 4.06. The van der Waals surface area contributed by atoms with Gasteiger partial charge in [0.1, 0.15) is 5.75 Å². The van der Waals surface area contributed by atoms with E-state index >= 15 is 0 Å². The molecule has 2 heterocycles. The molecule has 1 atom stereocenters. The molecule has 126 valence electrons. The normalized spacial score (nSPS) is 13.0. The summed E-state index contributed by atoms with van der Waals surface area (Å²) >= 11 is 6.15. The number of rotatable bonds is 5. The molecule has 0 radical (unpaired) electrons. The number of fused-ring (bicyclic) bond motifs is 1. The first-order chi connectivity index (χ1) is 11.5. The number of halogens is 3. The molecule has 0 bridgehead atoms. The summed E-state index contributed by atoms with van der Waals surface area (Å²) in [6, 6.07) is 6.49. The first-order valence-corrected chi connectivity index (χ1v) is 7.75. The van der Waals surface area contributed by atoms with Gasteiger partial charge in [0.05, 0.1) is 28.5 Å². The van der Waals surface area contributed by atoms with Crippen LogP contribution in [0, 0.1) is 5.92 Å². The minimum absolute atomic E-state index is 0.0644. The smallest absolute Gasteiger partial charge is 0.387 e. The lowest BCUT2D eigenvalue weighted by Gasteiger charge is -2.20. The number of benzene rings is 1. The van der Waals surface area contributed by atoms with Crippen molar-refractivity contribution in [1.82, 2.24) is 20.0 Å². The average molecular weight is 353 g/mol. The van der Waals surface area contributed by atoms with E-state index in [4.69, 9.17) is 11.6 Å². The van der Waals surface area contributed by atoms with Crippen LogP contribution in [0.5, 0.6) is 5.75 Å². The van der Waals surface area contributed by atoms with Crippen LogP contribution < -0.4 is 4.74 Å². The van der Waals surface area contributed by atoms with Crippen molar-refractivity contribution in [2.75, 3.05) is 0 Å². The Balaban J connectivity index is 2.05. The lowest BCUT2D eigenvalue weighted by molar-refractivity contribution is -0.0496. The number of hydrogen-bond acceptors (Lipinski definition) is 4. The van der Waals surface area contributed by atoms with Gasteiger partial charge in [-0.2, -0.15) is 8.78 Å². The maximum atomic E-state index is 12.4. The quantitative estimate of drug-likeness (QED) is 0.686. The molecular weight excluding hydrogens is 338 g/mol. The number of pyridine rings is 1. The zero-order valence-corrected chi connectivity index (χ0v) is 13.8. The van der Waals surface area contributed by atoms with Crippen molar-refractivity contribution in [3.8, 4) is 5.75 Å². The van der Waals surface area contributed by atoms with E-state index in [1.54, 1.807) is 29.2 Å². The molecule has 0 spiro atoms. The molecular formula is C16H15ClF2N4O. The first kappa shape index (κ1) is 16.6. The summed E-state index contributed by atoms with van der Waals surface area (Å²) in [5.74, 6) is 0.166. The summed E-state index contributed by atoms with van der Waals surface area (Å²) in [5.41, 5.74) is 1.39. The van der Waals surface area contributed by atoms with Crippen LogP contribution in [-0.4, -0.2) is 26.6 Å². The average Bonchev–Trinajstić information content (AvgIpc) is 3.03. The molecule has 0 fully saturated rings. The van der Waals surface area contributed by atoms with Gasteiger partial charge in [-0.25, -0.2) is 4.68 Å². The molecule has 0 saturated heterocycles. The van der Waals surface area contributed by atoms with Crippen molar-refractivity contribution in [2.24, 2.45) is 5.92 Å². The molecule has 1 unspecified atom stereocenters. The summed E-state index contributed by atoms with van der Waals surface area (Å²) in [5, 5.41) is 8.57. The molecule has 0 aliphatic rings. The Morgan fingerprint density at radius 2 is 1.96 bits per heavy atom. The van der Waals surface area contributed by atoms with Crippen LogP contribution in [0.2, 0.25) is 5.02 Å². The van der Waals surface area contributed by atoms with E-state index in [2.05, 4.69) is 33.9 Å². The Hall–Kier alpha value is -2.28. The topological polar surface area (TPSA) is 52.8 Å². The van der Waals surface area contributed by atoms with Gasteiger partial charge >= 0.3 is 6.61 Å². The van der Waals surface area contributed by atoms with Crippen molar-refractivity contribution in [3.05, 3.63) is 47.4 Å². The molecule has 24 heavy (non-hydrogen) atoms. The second kappa shape index (κ2) is 6.68. The molecule has 0 saturated carbocycles. The molecule has 3 aromatic rings. The van der Waals surface area contributed by atoms with Crippen molar-refractivity contribution in [1.29, 1.82) is 0 Å². The van der Waals surface area contributed by atoms with E-state index in [0.717, 1.165) is 5.69 Å². The summed E-state index contributed by atoms with van der Waals surface area (Å²) in [4.78, 5) is 4.62. The van der Waals surface area contributed by atoms with E-state index in [0.29, 0.717) is 10.9 Å². The van der Waals surface area contributed by atoms with Gasteiger partial charge in [-0.15, -0.1) is 5.10 Å². The highest BCUT2D eigenvalue weighted by Gasteiger charge is 2.21. The molecule has 5 nitrogen and oxygen atoms in total. The fourth-order valence-corrected chi connectivity index (χ4v) is 2.93. The minimum atomic E-state index is -2.93. The van der Waals surface area contributed by atoms with E-state index in [1.807, 2.05) is 6.07 Å². The number of hydrogen-bond donors (Lipinski definition) is 0. The summed E-state index contributed by atoms with van der Waals surface area (Å²) in [6.07, 6.45) is 3.39. The van der Waals surface area contributed by atoms with Crippen molar-refractivity contribution in [2.45, 2.75) is 26.5 Å². The Kier molecular flexibility index (Phi) is 4.62. The van der Waals surface area contributed by atoms with Gasteiger partial charge in [0.2, 0.25) is 0 Å². The molecule has 0 aliphatic heterocycles. The fourth-order valence-electron chi connectivity index (χ4n) is 2.66. The lowest BCUT2D eigenvalue weighted by atomic mass is 10.00. The van der Waals surface area contributed by atoms with Crippen molar-refractivity contribution in [3.63, 3.8) is 0 Å². The largest absolute Gasteiger partial charge is 0.433 e. The van der Waals surface area contributed by atoms with E-state index < -0.39 is 6.61 Å². The van der Waals surface area contributed by atoms with Crippen LogP contribution >= 0.6 is 11.6 Å². The van der Waals surface area contributed by atoms with Gasteiger partial charge in [-0.3, -0.25) is 4.98 Å². The van der Waals surface area contributed by atoms with Gasteiger partial charge < -0.3 is 4.74 Å². The van der Waals surface area contributed by atoms with Gasteiger partial charge in [-0.05, 0) is 30.2 Å². The van der Waals surface area contributed by atoms with Crippen LogP contribution in [0.3, 0.4) is 0 Å². The molecule has 1 aromatic carbocycles. The second-order valence-corrected chi connectivity index (χ2v) is 6.01. The number of ether oxygens (including phenoxy) is 1. The van der Waals surface area contributed by atoms with Crippen LogP contribution in [0.15, 0.2) is 36.7 Å². The lowest BCUT2D eigenvalue weighted by Crippen LogP contribution is -2.18. The Morgan fingerprint density at radius 3 is 2.58 bits per heavy atom. The van der Waals surface area contributed by atoms with Crippen LogP contribution in [0.4, 0.5) is 8.78 Å². The highest BCUT2D eigenvalue weighted by Crippen LogP contribution is 2.34. The molecule has 2 aromatic heterocycles. The second-order valence-electron chi connectivity index (χ2n) is 5.63. The van der Waals surface area contributed by atoms with Crippen LogP contribution in [0.1, 0.15) is 25.6 Å². The summed E-state index contributed by atoms with van der Waals surface area (Å²) < 4.78 is 31.0. The summed E-state index contributed by atoms with van der Waals surface area (Å²) in [7, 11) is 0. The maximum Gasteiger partial charge on any atom is 0.387 e. The van der Waals surface area contributed by atoms with Gasteiger partial charge in [0, 0.05) is 11.6 Å². The molecule has 0 aliphatic carbocycles. The van der Waals surface area contributed by atoms with Crippen molar-refractivity contribution >= 4 is 22.5 Å². The van der Waals surface area contributed by atoms with Crippen LogP contribution in [-0.2, 0) is 0 Å². The Morgan fingerprint density at radius 1 is 1.17 bits per heavy atom. The van der Waals surface area contributed by atoms with Gasteiger partial charge in [0.15, 0.2) is 0 Å². The highest BCUT2D eigenvalue weighted by atomic mass is 35.5. The molecule has 0 amide bonds. The predicted molar refractivity (Wildman–Crippen MR) is 86.4 cm³/mol. The Labute approximate surface area is 142 Å². The number of nitrogens with zero attached hydrogens (tertiary/aromatic N) is 4. The maximum absolute atomic E-state index is 12.4. The third kappa shape index (κ3) is 3.17.